The van der Waals surface area contributed by atoms with Gasteiger partial charge in [0.2, 0.25) is 0 Å². The Balaban J connectivity index is 2.48. The number of halogens is 3. The van der Waals surface area contributed by atoms with Gasteiger partial charge in [0, 0.05) is 24.7 Å². The van der Waals surface area contributed by atoms with Crippen LogP contribution in [0.1, 0.15) is 11.3 Å². The molecule has 102 valence electrons. The van der Waals surface area contributed by atoms with Crippen molar-refractivity contribution in [2.24, 2.45) is 12.8 Å². The molecular formula is C13H14F3N3. The first kappa shape index (κ1) is 13.6. The van der Waals surface area contributed by atoms with Crippen LogP contribution in [0.5, 0.6) is 0 Å². The standard InChI is InChI=1S/C13H14F3N3/c1-19-12(5-6-17)11(8-18-19)9-3-2-4-10(7-9)13(14,15)16/h2-4,7-8H,5-6,17H2,1H3. The Bertz CT molecular complexity index is 573. The zero-order valence-corrected chi connectivity index (χ0v) is 10.4. The largest absolute Gasteiger partial charge is 0.416 e. The summed E-state index contributed by atoms with van der Waals surface area (Å²) in [4.78, 5) is 0. The van der Waals surface area contributed by atoms with Gasteiger partial charge < -0.3 is 5.73 Å². The molecule has 0 atom stereocenters. The Morgan fingerprint density at radius 3 is 2.68 bits per heavy atom. The van der Waals surface area contributed by atoms with E-state index in [9.17, 15) is 13.2 Å². The van der Waals surface area contributed by atoms with E-state index in [0.717, 1.165) is 17.8 Å². The highest BCUT2D eigenvalue weighted by Crippen LogP contribution is 2.33. The normalized spacial score (nSPS) is 11.8. The van der Waals surface area contributed by atoms with Gasteiger partial charge in [0.05, 0.1) is 11.8 Å². The van der Waals surface area contributed by atoms with Crippen LogP contribution in [0, 0.1) is 0 Å². The van der Waals surface area contributed by atoms with Crippen molar-refractivity contribution in [1.82, 2.24) is 9.78 Å². The molecule has 0 fully saturated rings. The van der Waals surface area contributed by atoms with Gasteiger partial charge in [-0.3, -0.25) is 4.68 Å². The number of nitrogens with zero attached hydrogens (tertiary/aromatic N) is 2. The van der Waals surface area contributed by atoms with Crippen LogP contribution in [0.3, 0.4) is 0 Å². The smallest absolute Gasteiger partial charge is 0.330 e. The number of alkyl halides is 3. The van der Waals surface area contributed by atoms with Crippen LogP contribution in [-0.2, 0) is 19.6 Å². The fraction of sp³-hybridized carbons (Fsp3) is 0.308. The van der Waals surface area contributed by atoms with Gasteiger partial charge in [-0.25, -0.2) is 0 Å². The van der Waals surface area contributed by atoms with Crippen LogP contribution < -0.4 is 5.73 Å². The quantitative estimate of drug-likeness (QED) is 0.930. The topological polar surface area (TPSA) is 43.8 Å². The fourth-order valence-corrected chi connectivity index (χ4v) is 2.00. The van der Waals surface area contributed by atoms with Crippen LogP contribution in [-0.4, -0.2) is 16.3 Å². The summed E-state index contributed by atoms with van der Waals surface area (Å²) < 4.78 is 39.7. The number of hydrogen-bond acceptors (Lipinski definition) is 2. The molecule has 0 radical (unpaired) electrons. The highest BCUT2D eigenvalue weighted by atomic mass is 19.4. The van der Waals surface area contributed by atoms with Crippen LogP contribution in [0.4, 0.5) is 13.2 Å². The molecule has 0 bridgehead atoms. The van der Waals surface area contributed by atoms with Gasteiger partial charge in [-0.2, -0.15) is 18.3 Å². The summed E-state index contributed by atoms with van der Waals surface area (Å²) in [5, 5.41) is 4.08. The fourth-order valence-electron chi connectivity index (χ4n) is 2.00. The second-order valence-corrected chi connectivity index (χ2v) is 4.25. The predicted octanol–water partition coefficient (Wildman–Crippen LogP) is 2.61. The lowest BCUT2D eigenvalue weighted by Crippen LogP contribution is -2.08. The molecule has 0 aliphatic carbocycles. The highest BCUT2D eigenvalue weighted by molar-refractivity contribution is 5.66. The van der Waals surface area contributed by atoms with Crippen LogP contribution in [0.15, 0.2) is 30.5 Å². The van der Waals surface area contributed by atoms with Gasteiger partial charge in [0.15, 0.2) is 0 Å². The average molecular weight is 269 g/mol. The summed E-state index contributed by atoms with van der Waals surface area (Å²) in [5.74, 6) is 0. The Morgan fingerprint density at radius 2 is 2.05 bits per heavy atom. The van der Waals surface area contributed by atoms with E-state index in [1.807, 2.05) is 0 Å². The molecule has 1 aromatic carbocycles. The molecule has 0 aliphatic rings. The Hall–Kier alpha value is -1.82. The Kier molecular flexibility index (Phi) is 3.61. The molecule has 2 aromatic rings. The zero-order valence-electron chi connectivity index (χ0n) is 10.4. The third-order valence-corrected chi connectivity index (χ3v) is 2.94. The number of aromatic nitrogens is 2. The van der Waals surface area contributed by atoms with Gasteiger partial charge in [0.25, 0.3) is 0 Å². The third kappa shape index (κ3) is 2.78. The molecule has 0 aliphatic heterocycles. The van der Waals surface area contributed by atoms with E-state index < -0.39 is 11.7 Å². The van der Waals surface area contributed by atoms with Crippen LogP contribution in [0.25, 0.3) is 11.1 Å². The molecule has 19 heavy (non-hydrogen) atoms. The molecule has 2 N–H and O–H groups in total. The van der Waals surface area contributed by atoms with Crippen molar-refractivity contribution in [3.63, 3.8) is 0 Å². The Labute approximate surface area is 108 Å². The maximum atomic E-state index is 12.7. The van der Waals surface area contributed by atoms with Gasteiger partial charge in [-0.15, -0.1) is 0 Å². The molecule has 0 amide bonds. The molecule has 0 unspecified atom stereocenters. The lowest BCUT2D eigenvalue weighted by molar-refractivity contribution is -0.137. The molecule has 0 spiro atoms. The highest BCUT2D eigenvalue weighted by Gasteiger charge is 2.30. The molecule has 0 saturated heterocycles. The van der Waals surface area contributed by atoms with E-state index in [0.29, 0.717) is 24.1 Å². The number of benzene rings is 1. The third-order valence-electron chi connectivity index (χ3n) is 2.94. The lowest BCUT2D eigenvalue weighted by atomic mass is 10.0. The molecule has 6 heteroatoms. The van der Waals surface area contributed by atoms with Crippen molar-refractivity contribution in [3.05, 3.63) is 41.7 Å². The molecule has 1 heterocycles. The van der Waals surface area contributed by atoms with Crippen LogP contribution in [0.2, 0.25) is 0 Å². The summed E-state index contributed by atoms with van der Waals surface area (Å²) in [6.45, 7) is 0.422. The molecule has 0 saturated carbocycles. The summed E-state index contributed by atoms with van der Waals surface area (Å²) in [7, 11) is 1.75. The van der Waals surface area contributed by atoms with Gasteiger partial charge in [-0.05, 0) is 24.2 Å². The first-order valence-electron chi connectivity index (χ1n) is 5.82. The number of aryl methyl sites for hydroxylation is 1. The minimum Gasteiger partial charge on any atom is -0.330 e. The molecular weight excluding hydrogens is 255 g/mol. The summed E-state index contributed by atoms with van der Waals surface area (Å²) >= 11 is 0. The van der Waals surface area contributed by atoms with E-state index in [4.69, 9.17) is 5.73 Å². The first-order chi connectivity index (χ1) is 8.93. The van der Waals surface area contributed by atoms with Gasteiger partial charge >= 0.3 is 6.18 Å². The van der Waals surface area contributed by atoms with E-state index in [1.165, 1.54) is 6.07 Å². The summed E-state index contributed by atoms with van der Waals surface area (Å²) in [6, 6.07) is 5.24. The predicted molar refractivity (Wildman–Crippen MR) is 66.4 cm³/mol. The van der Waals surface area contributed by atoms with E-state index in [1.54, 1.807) is 24.0 Å². The van der Waals surface area contributed by atoms with Crippen molar-refractivity contribution in [3.8, 4) is 11.1 Å². The lowest BCUT2D eigenvalue weighted by Gasteiger charge is -2.09. The number of nitrogens with two attached hydrogens (primary N) is 1. The molecule has 2 rings (SSSR count). The number of hydrogen-bond donors (Lipinski definition) is 1. The second-order valence-electron chi connectivity index (χ2n) is 4.25. The van der Waals surface area contributed by atoms with Crippen molar-refractivity contribution in [2.75, 3.05) is 6.54 Å². The maximum Gasteiger partial charge on any atom is 0.416 e. The summed E-state index contributed by atoms with van der Waals surface area (Å²) in [6.07, 6.45) is -2.20. The van der Waals surface area contributed by atoms with Crippen molar-refractivity contribution >= 4 is 0 Å². The average Bonchev–Trinajstić information content (AvgIpc) is 2.71. The van der Waals surface area contributed by atoms with E-state index in [2.05, 4.69) is 5.10 Å². The summed E-state index contributed by atoms with van der Waals surface area (Å²) in [5.41, 5.74) is 6.89. The Morgan fingerprint density at radius 1 is 1.32 bits per heavy atom. The minimum atomic E-state index is -4.34. The maximum absolute atomic E-state index is 12.7. The van der Waals surface area contributed by atoms with Gasteiger partial charge in [-0.1, -0.05) is 12.1 Å². The SMILES string of the molecule is Cn1ncc(-c2cccc(C(F)(F)F)c2)c1CCN. The molecule has 3 nitrogen and oxygen atoms in total. The van der Waals surface area contributed by atoms with Crippen molar-refractivity contribution < 1.29 is 13.2 Å². The van der Waals surface area contributed by atoms with E-state index >= 15 is 0 Å². The second kappa shape index (κ2) is 5.05. The van der Waals surface area contributed by atoms with E-state index in [-0.39, 0.29) is 0 Å². The zero-order chi connectivity index (χ0) is 14.0. The van der Waals surface area contributed by atoms with Crippen LogP contribution >= 0.6 is 0 Å². The molecule has 1 aromatic heterocycles. The van der Waals surface area contributed by atoms with Crippen molar-refractivity contribution in [2.45, 2.75) is 12.6 Å². The monoisotopic (exact) mass is 269 g/mol. The van der Waals surface area contributed by atoms with Crippen molar-refractivity contribution in [1.29, 1.82) is 0 Å². The van der Waals surface area contributed by atoms with Gasteiger partial charge in [0.1, 0.15) is 0 Å². The minimum absolute atomic E-state index is 0.422. The first-order valence-corrected chi connectivity index (χ1v) is 5.82. The number of rotatable bonds is 3.